The Balaban J connectivity index is 2.83. The molecule has 0 fully saturated rings. The second kappa shape index (κ2) is 5.93. The van der Waals surface area contributed by atoms with E-state index in [9.17, 15) is 4.79 Å². The molecule has 4 heteroatoms. The highest BCUT2D eigenvalue weighted by Gasteiger charge is 2.09. The van der Waals surface area contributed by atoms with E-state index in [0.717, 1.165) is 20.3 Å². The van der Waals surface area contributed by atoms with Crippen molar-refractivity contribution in [1.29, 1.82) is 0 Å². The second-order valence-electron chi connectivity index (χ2n) is 2.79. The predicted octanol–water partition coefficient (Wildman–Crippen LogP) is 4.15. The molecule has 0 aliphatic rings. The van der Waals surface area contributed by atoms with Gasteiger partial charge in [0.15, 0.2) is 5.78 Å². The Hall–Kier alpha value is 0.200. The van der Waals surface area contributed by atoms with Crippen LogP contribution in [0.5, 0.6) is 0 Å². The summed E-state index contributed by atoms with van der Waals surface area (Å²) in [6.07, 6.45) is 2.60. The van der Waals surface area contributed by atoms with Crippen LogP contribution < -0.4 is 0 Å². The monoisotopic (exact) mass is 336 g/mol. The molecule has 0 saturated heterocycles. The first-order valence-electron chi connectivity index (χ1n) is 4.12. The van der Waals surface area contributed by atoms with Crippen molar-refractivity contribution in [1.82, 2.24) is 0 Å². The number of halogens is 2. The highest BCUT2D eigenvalue weighted by molar-refractivity contribution is 9.11. The Labute approximate surface area is 105 Å². The topological polar surface area (TPSA) is 17.1 Å². The van der Waals surface area contributed by atoms with Crippen LogP contribution in [0.3, 0.4) is 0 Å². The maximum Gasteiger partial charge on any atom is 0.164 e. The number of carbonyl (C=O) groups excluding carboxylic acids is 1. The molecule has 0 unspecified atom stereocenters. The predicted molar refractivity (Wildman–Crippen MR) is 69.2 cm³/mol. The first-order chi connectivity index (χ1) is 6.65. The van der Waals surface area contributed by atoms with Gasteiger partial charge in [-0.1, -0.05) is 31.9 Å². The molecule has 0 aliphatic carbocycles. The number of Topliss-reactive ketones (excluding diaryl/α,β-unsaturated/α-hetero) is 1. The van der Waals surface area contributed by atoms with E-state index >= 15 is 0 Å². The Bertz CT molecular complexity index is 339. The summed E-state index contributed by atoms with van der Waals surface area (Å²) < 4.78 is 1.81. The summed E-state index contributed by atoms with van der Waals surface area (Å²) in [5.41, 5.74) is 0.758. The maximum atomic E-state index is 11.7. The van der Waals surface area contributed by atoms with E-state index in [1.54, 1.807) is 11.8 Å². The van der Waals surface area contributed by atoms with E-state index in [4.69, 9.17) is 0 Å². The molecule has 0 bridgehead atoms. The van der Waals surface area contributed by atoms with Gasteiger partial charge in [0.05, 0.1) is 0 Å². The fourth-order valence-corrected chi connectivity index (χ4v) is 2.26. The molecule has 0 spiro atoms. The van der Waals surface area contributed by atoms with E-state index in [-0.39, 0.29) is 5.78 Å². The number of hydrogen-bond donors (Lipinski definition) is 0. The third kappa shape index (κ3) is 3.41. The molecule has 1 aromatic carbocycles. The Morgan fingerprint density at radius 1 is 1.43 bits per heavy atom. The second-order valence-corrected chi connectivity index (χ2v) is 5.55. The van der Waals surface area contributed by atoms with Crippen molar-refractivity contribution in [2.45, 2.75) is 6.42 Å². The average molecular weight is 338 g/mol. The molecule has 0 radical (unpaired) electrons. The Morgan fingerprint density at radius 3 is 2.79 bits per heavy atom. The smallest absolute Gasteiger partial charge is 0.164 e. The third-order valence-corrected chi connectivity index (χ3v) is 3.56. The van der Waals surface area contributed by atoms with Gasteiger partial charge in [-0.05, 0) is 24.5 Å². The lowest BCUT2D eigenvalue weighted by molar-refractivity contribution is 0.0989. The first kappa shape index (κ1) is 12.3. The normalized spacial score (nSPS) is 10.2. The lowest BCUT2D eigenvalue weighted by Crippen LogP contribution is -2.01. The fraction of sp³-hybridized carbons (Fsp3) is 0.300. The first-order valence-corrected chi connectivity index (χ1v) is 7.10. The maximum absolute atomic E-state index is 11.7. The van der Waals surface area contributed by atoms with Crippen LogP contribution in [0.2, 0.25) is 0 Å². The lowest BCUT2D eigenvalue weighted by Gasteiger charge is -2.03. The van der Waals surface area contributed by atoms with Gasteiger partial charge < -0.3 is 0 Å². The van der Waals surface area contributed by atoms with Crippen molar-refractivity contribution in [2.75, 3.05) is 12.0 Å². The summed E-state index contributed by atoms with van der Waals surface area (Å²) in [6, 6.07) is 5.65. The fourth-order valence-electron chi connectivity index (χ4n) is 1.04. The van der Waals surface area contributed by atoms with Crippen molar-refractivity contribution >= 4 is 49.4 Å². The van der Waals surface area contributed by atoms with Gasteiger partial charge in [-0.15, -0.1) is 0 Å². The zero-order valence-electron chi connectivity index (χ0n) is 7.72. The Kier molecular flexibility index (Phi) is 5.20. The van der Waals surface area contributed by atoms with Crippen LogP contribution in [-0.4, -0.2) is 17.8 Å². The number of carbonyl (C=O) groups is 1. The standard InChI is InChI=1S/C10H10Br2OS/c1-14-5-4-10(13)8-6-7(11)2-3-9(8)12/h2-3,6H,4-5H2,1H3. The summed E-state index contributed by atoms with van der Waals surface area (Å²) >= 11 is 8.42. The average Bonchev–Trinajstić information content (AvgIpc) is 2.18. The number of ketones is 1. The molecule has 0 N–H and O–H groups in total. The van der Waals surface area contributed by atoms with Crippen LogP contribution in [0.4, 0.5) is 0 Å². The summed E-state index contributed by atoms with van der Waals surface area (Å²) in [6.45, 7) is 0. The minimum atomic E-state index is 0.188. The molecule has 0 amide bonds. The summed E-state index contributed by atoms with van der Waals surface area (Å²) in [4.78, 5) is 11.7. The van der Waals surface area contributed by atoms with Gasteiger partial charge >= 0.3 is 0 Å². The number of benzene rings is 1. The van der Waals surface area contributed by atoms with Crippen molar-refractivity contribution in [3.05, 3.63) is 32.7 Å². The molecule has 0 aromatic heterocycles. The van der Waals surface area contributed by atoms with Crippen LogP contribution in [0, 0.1) is 0 Å². The molecular weight excluding hydrogens is 328 g/mol. The third-order valence-electron chi connectivity index (χ3n) is 1.76. The van der Waals surface area contributed by atoms with Gasteiger partial charge in [0.2, 0.25) is 0 Å². The minimum absolute atomic E-state index is 0.188. The summed E-state index contributed by atoms with van der Waals surface area (Å²) in [7, 11) is 0. The molecule has 76 valence electrons. The summed E-state index contributed by atoms with van der Waals surface area (Å²) in [5, 5.41) is 0. The van der Waals surface area contributed by atoms with Crippen LogP contribution in [0.1, 0.15) is 16.8 Å². The van der Waals surface area contributed by atoms with E-state index in [0.29, 0.717) is 6.42 Å². The number of rotatable bonds is 4. The van der Waals surface area contributed by atoms with Crippen LogP contribution in [-0.2, 0) is 0 Å². The Morgan fingerprint density at radius 2 is 2.14 bits per heavy atom. The van der Waals surface area contributed by atoms with Crippen molar-refractivity contribution in [3.8, 4) is 0 Å². The van der Waals surface area contributed by atoms with Gasteiger partial charge in [-0.25, -0.2) is 0 Å². The molecule has 14 heavy (non-hydrogen) atoms. The molecule has 0 heterocycles. The zero-order chi connectivity index (χ0) is 10.6. The minimum Gasteiger partial charge on any atom is -0.294 e. The van der Waals surface area contributed by atoms with Crippen molar-refractivity contribution in [3.63, 3.8) is 0 Å². The molecule has 0 saturated carbocycles. The van der Waals surface area contributed by atoms with Gasteiger partial charge in [-0.3, -0.25) is 4.79 Å². The molecule has 1 nitrogen and oxygen atoms in total. The lowest BCUT2D eigenvalue weighted by atomic mass is 10.1. The highest BCUT2D eigenvalue weighted by Crippen LogP contribution is 2.23. The van der Waals surface area contributed by atoms with E-state index in [1.165, 1.54) is 0 Å². The van der Waals surface area contributed by atoms with E-state index < -0.39 is 0 Å². The molecule has 1 rings (SSSR count). The SMILES string of the molecule is CSCCC(=O)c1cc(Br)ccc1Br. The van der Waals surface area contributed by atoms with Gasteiger partial charge in [-0.2, -0.15) is 11.8 Å². The zero-order valence-corrected chi connectivity index (χ0v) is 11.7. The molecule has 0 aliphatic heterocycles. The summed E-state index contributed by atoms with van der Waals surface area (Å²) in [5.74, 6) is 1.06. The number of thioether (sulfide) groups is 1. The molecular formula is C10H10Br2OS. The van der Waals surface area contributed by atoms with Crippen LogP contribution in [0.25, 0.3) is 0 Å². The van der Waals surface area contributed by atoms with Gasteiger partial charge in [0.25, 0.3) is 0 Å². The highest BCUT2D eigenvalue weighted by atomic mass is 79.9. The quantitative estimate of drug-likeness (QED) is 0.768. The van der Waals surface area contributed by atoms with Crippen molar-refractivity contribution in [2.24, 2.45) is 0 Å². The number of hydrogen-bond acceptors (Lipinski definition) is 2. The van der Waals surface area contributed by atoms with Crippen LogP contribution in [0.15, 0.2) is 27.1 Å². The molecule has 0 atom stereocenters. The van der Waals surface area contributed by atoms with Gasteiger partial charge in [0.1, 0.15) is 0 Å². The van der Waals surface area contributed by atoms with Crippen LogP contribution >= 0.6 is 43.6 Å². The van der Waals surface area contributed by atoms with Crippen molar-refractivity contribution < 1.29 is 4.79 Å². The van der Waals surface area contributed by atoms with E-state index in [2.05, 4.69) is 31.9 Å². The van der Waals surface area contributed by atoms with E-state index in [1.807, 2.05) is 24.5 Å². The van der Waals surface area contributed by atoms with Gasteiger partial charge in [0, 0.05) is 26.7 Å². The molecule has 1 aromatic rings. The largest absolute Gasteiger partial charge is 0.294 e.